The first-order valence-electron chi connectivity index (χ1n) is 12.1. The number of ether oxygens (including phenoxy) is 3. The van der Waals surface area contributed by atoms with E-state index in [9.17, 15) is 14.7 Å². The van der Waals surface area contributed by atoms with Crippen molar-refractivity contribution in [2.75, 3.05) is 30.9 Å². The number of nitrogens with one attached hydrogen (secondary N) is 3. The van der Waals surface area contributed by atoms with Gasteiger partial charge in [-0.15, -0.1) is 0 Å². The summed E-state index contributed by atoms with van der Waals surface area (Å²) >= 11 is 0. The zero-order chi connectivity index (χ0) is 24.4. The van der Waals surface area contributed by atoms with Crippen molar-refractivity contribution < 1.29 is 28.9 Å². The van der Waals surface area contributed by atoms with Gasteiger partial charge in [0.25, 0.3) is 0 Å². The lowest BCUT2D eigenvalue weighted by molar-refractivity contribution is -0.142. The molecule has 2 fully saturated rings. The molecule has 3 aliphatic rings. The molecule has 2 aromatic carbocycles. The van der Waals surface area contributed by atoms with E-state index in [1.54, 1.807) is 37.4 Å². The molecule has 35 heavy (non-hydrogen) atoms. The van der Waals surface area contributed by atoms with Crippen LogP contribution in [-0.2, 0) is 9.53 Å². The highest BCUT2D eigenvalue weighted by molar-refractivity contribution is 5.99. The number of urea groups is 1. The summed E-state index contributed by atoms with van der Waals surface area (Å²) in [6, 6.07) is 12.2. The van der Waals surface area contributed by atoms with Crippen molar-refractivity contribution in [2.45, 2.75) is 49.9 Å². The molecule has 0 unspecified atom stereocenters. The number of rotatable bonds is 8. The number of fused-ring (bicyclic) bond motifs is 3. The molecular weight excluding hydrogens is 450 g/mol. The Morgan fingerprint density at radius 3 is 2.54 bits per heavy atom. The second kappa shape index (κ2) is 10.1. The van der Waals surface area contributed by atoms with Crippen molar-refractivity contribution in [3.63, 3.8) is 0 Å². The lowest BCUT2D eigenvalue weighted by Gasteiger charge is -2.37. The van der Waals surface area contributed by atoms with E-state index in [1.807, 2.05) is 12.1 Å². The van der Waals surface area contributed by atoms with Crippen LogP contribution in [0.25, 0.3) is 0 Å². The van der Waals surface area contributed by atoms with Gasteiger partial charge in [0.2, 0.25) is 5.91 Å². The molecule has 4 atom stereocenters. The van der Waals surface area contributed by atoms with Gasteiger partial charge in [0.05, 0.1) is 26.2 Å². The number of amides is 3. The summed E-state index contributed by atoms with van der Waals surface area (Å²) in [4.78, 5) is 24.9. The van der Waals surface area contributed by atoms with Crippen molar-refractivity contribution in [3.05, 3.63) is 48.0 Å². The highest BCUT2D eigenvalue weighted by Gasteiger charge is 2.46. The summed E-state index contributed by atoms with van der Waals surface area (Å²) in [5.41, 5.74) is 2.22. The van der Waals surface area contributed by atoms with E-state index in [-0.39, 0.29) is 43.1 Å². The molecule has 0 spiro atoms. The van der Waals surface area contributed by atoms with Crippen molar-refractivity contribution in [2.24, 2.45) is 5.92 Å². The third-order valence-corrected chi connectivity index (χ3v) is 6.80. The zero-order valence-corrected chi connectivity index (χ0v) is 19.7. The van der Waals surface area contributed by atoms with Crippen LogP contribution in [0.2, 0.25) is 0 Å². The van der Waals surface area contributed by atoms with Gasteiger partial charge < -0.3 is 35.3 Å². The summed E-state index contributed by atoms with van der Waals surface area (Å²) in [7, 11) is 1.59. The third kappa shape index (κ3) is 5.52. The van der Waals surface area contributed by atoms with Crippen LogP contribution in [0.4, 0.5) is 16.2 Å². The number of benzene rings is 2. The van der Waals surface area contributed by atoms with Crippen LogP contribution in [0, 0.1) is 5.92 Å². The molecule has 1 aliphatic carbocycles. The second-order valence-corrected chi connectivity index (χ2v) is 9.42. The smallest absolute Gasteiger partial charge is 0.323 e. The summed E-state index contributed by atoms with van der Waals surface area (Å²) in [6.07, 6.45) is 2.06. The number of carbonyl (C=O) groups is 2. The molecule has 0 aromatic heterocycles. The minimum Gasteiger partial charge on any atom is -0.497 e. The Balaban J connectivity index is 1.24. The van der Waals surface area contributed by atoms with Gasteiger partial charge in [0, 0.05) is 29.4 Å². The standard InChI is InChI=1S/C26H31N3O6/c1-33-18-7-4-16(5-8-18)28-26(32)29-17-6-9-22-20(10-17)21-11-19(34-23(14-30)25(21)35-22)12-24(31)27-13-15-2-3-15/h4-10,15,19,21,23,25,30H,2-3,11-14H2,1H3,(H,27,31)(H2,28,29,32)/t19-,21-,23+,25+/m1/s1. The maximum absolute atomic E-state index is 12.5. The average molecular weight is 482 g/mol. The lowest BCUT2D eigenvalue weighted by atomic mass is 9.84. The predicted molar refractivity (Wildman–Crippen MR) is 130 cm³/mol. The molecule has 186 valence electrons. The molecule has 2 aromatic rings. The van der Waals surface area contributed by atoms with E-state index in [1.165, 1.54) is 12.8 Å². The first kappa shape index (κ1) is 23.4. The molecule has 1 saturated heterocycles. The Labute approximate surface area is 204 Å². The van der Waals surface area contributed by atoms with Crippen LogP contribution in [0.15, 0.2) is 42.5 Å². The van der Waals surface area contributed by atoms with E-state index in [0.29, 0.717) is 35.2 Å². The normalized spacial score (nSPS) is 24.5. The largest absolute Gasteiger partial charge is 0.497 e. The fourth-order valence-electron chi connectivity index (χ4n) is 4.79. The summed E-state index contributed by atoms with van der Waals surface area (Å²) < 4.78 is 17.3. The van der Waals surface area contributed by atoms with Gasteiger partial charge in [-0.2, -0.15) is 0 Å². The number of carbonyl (C=O) groups excluding carboxylic acids is 2. The quantitative estimate of drug-likeness (QED) is 0.460. The fourth-order valence-corrected chi connectivity index (χ4v) is 4.79. The van der Waals surface area contributed by atoms with Crippen molar-refractivity contribution in [1.82, 2.24) is 5.32 Å². The Bertz CT molecular complexity index is 1070. The Kier molecular flexibility index (Phi) is 6.79. The van der Waals surface area contributed by atoms with Crippen LogP contribution in [0.1, 0.15) is 37.2 Å². The van der Waals surface area contributed by atoms with Gasteiger partial charge in [-0.25, -0.2) is 4.79 Å². The zero-order valence-electron chi connectivity index (χ0n) is 19.7. The molecule has 4 N–H and O–H groups in total. The van der Waals surface area contributed by atoms with Crippen LogP contribution in [0.5, 0.6) is 11.5 Å². The number of hydrogen-bond acceptors (Lipinski definition) is 6. The second-order valence-electron chi connectivity index (χ2n) is 9.42. The lowest BCUT2D eigenvalue weighted by Crippen LogP contribution is -2.47. The van der Waals surface area contributed by atoms with Gasteiger partial charge in [0.1, 0.15) is 23.7 Å². The van der Waals surface area contributed by atoms with Gasteiger partial charge in [-0.3, -0.25) is 4.79 Å². The van der Waals surface area contributed by atoms with Crippen molar-refractivity contribution >= 4 is 23.3 Å². The maximum atomic E-state index is 12.5. The van der Waals surface area contributed by atoms with E-state index in [0.717, 1.165) is 12.1 Å². The average Bonchev–Trinajstić information content (AvgIpc) is 3.62. The SMILES string of the molecule is COc1ccc(NC(=O)Nc2ccc3c(c2)[C@H]2C[C@H](CC(=O)NCC4CC4)O[C@@H](CO)[C@H]2O3)cc1. The predicted octanol–water partition coefficient (Wildman–Crippen LogP) is 3.25. The molecule has 0 radical (unpaired) electrons. The van der Waals surface area contributed by atoms with E-state index in [4.69, 9.17) is 14.2 Å². The van der Waals surface area contributed by atoms with Gasteiger partial charge >= 0.3 is 6.03 Å². The highest BCUT2D eigenvalue weighted by atomic mass is 16.6. The monoisotopic (exact) mass is 481 g/mol. The first-order chi connectivity index (χ1) is 17.0. The fraction of sp³-hybridized carbons (Fsp3) is 0.462. The van der Waals surface area contributed by atoms with Crippen LogP contribution in [0.3, 0.4) is 0 Å². The van der Waals surface area contributed by atoms with Crippen molar-refractivity contribution in [3.8, 4) is 11.5 Å². The maximum Gasteiger partial charge on any atom is 0.323 e. The summed E-state index contributed by atoms with van der Waals surface area (Å²) in [5.74, 6) is 1.97. The summed E-state index contributed by atoms with van der Waals surface area (Å²) in [6.45, 7) is 0.533. The van der Waals surface area contributed by atoms with Gasteiger partial charge in [-0.1, -0.05) is 0 Å². The van der Waals surface area contributed by atoms with Crippen LogP contribution >= 0.6 is 0 Å². The number of aliphatic hydroxyl groups excluding tert-OH is 1. The first-order valence-corrected chi connectivity index (χ1v) is 12.1. The van der Waals surface area contributed by atoms with Crippen LogP contribution < -0.4 is 25.4 Å². The van der Waals surface area contributed by atoms with Crippen LogP contribution in [-0.4, -0.2) is 55.6 Å². The minimum atomic E-state index is -0.517. The molecule has 0 bridgehead atoms. The third-order valence-electron chi connectivity index (χ3n) is 6.80. The van der Waals surface area contributed by atoms with E-state index in [2.05, 4.69) is 16.0 Å². The van der Waals surface area contributed by atoms with Gasteiger partial charge in [-0.05, 0) is 67.6 Å². The Morgan fingerprint density at radius 2 is 1.83 bits per heavy atom. The molecule has 9 heteroatoms. The Morgan fingerprint density at radius 1 is 1.09 bits per heavy atom. The Hall–Kier alpha value is -3.30. The molecule has 9 nitrogen and oxygen atoms in total. The molecular formula is C26H31N3O6. The molecule has 2 aliphatic heterocycles. The van der Waals surface area contributed by atoms with Crippen molar-refractivity contribution in [1.29, 1.82) is 0 Å². The topological polar surface area (TPSA) is 118 Å². The molecule has 5 rings (SSSR count). The number of aliphatic hydroxyl groups is 1. The summed E-state index contributed by atoms with van der Waals surface area (Å²) in [5, 5.41) is 18.6. The van der Waals surface area contributed by atoms with Gasteiger partial charge in [0.15, 0.2) is 0 Å². The van der Waals surface area contributed by atoms with E-state index < -0.39 is 6.10 Å². The van der Waals surface area contributed by atoms with E-state index >= 15 is 0 Å². The minimum absolute atomic E-state index is 0.0261. The highest BCUT2D eigenvalue weighted by Crippen LogP contribution is 2.47. The molecule has 1 saturated carbocycles. The number of hydrogen-bond donors (Lipinski definition) is 4. The number of anilines is 2. The molecule has 2 heterocycles. The number of methoxy groups -OCH3 is 1. The molecule has 3 amide bonds.